The number of carbonyl (C=O) groups excluding carboxylic acids is 1. The van der Waals surface area contributed by atoms with Crippen molar-refractivity contribution in [3.63, 3.8) is 0 Å². The number of rotatable bonds is 1. The van der Waals surface area contributed by atoms with Gasteiger partial charge >= 0.3 is 0 Å². The number of nitrogens with zero attached hydrogens (tertiary/aromatic N) is 2. The molecule has 0 bridgehead atoms. The summed E-state index contributed by atoms with van der Waals surface area (Å²) in [7, 11) is 0. The molecule has 1 aliphatic carbocycles. The molecule has 0 N–H and O–H groups in total. The van der Waals surface area contributed by atoms with Crippen LogP contribution in [-0.2, 0) is 4.79 Å². The third kappa shape index (κ3) is 2.93. The fourth-order valence-electron chi connectivity index (χ4n) is 5.05. The predicted molar refractivity (Wildman–Crippen MR) is 90.6 cm³/mol. The highest BCUT2D eigenvalue weighted by molar-refractivity contribution is 5.79. The van der Waals surface area contributed by atoms with Crippen molar-refractivity contribution < 1.29 is 4.79 Å². The van der Waals surface area contributed by atoms with Gasteiger partial charge < -0.3 is 4.90 Å². The Hall–Kier alpha value is -0.570. The molecule has 0 spiro atoms. The number of hydrogen-bond donors (Lipinski definition) is 0. The summed E-state index contributed by atoms with van der Waals surface area (Å²) in [6.45, 7) is 18.1. The summed E-state index contributed by atoms with van der Waals surface area (Å²) in [4.78, 5) is 17.5. The molecule has 2 unspecified atom stereocenters. The van der Waals surface area contributed by atoms with E-state index in [1.807, 2.05) is 0 Å². The number of piperidine rings is 2. The van der Waals surface area contributed by atoms with Crippen LogP contribution in [0.15, 0.2) is 0 Å². The van der Waals surface area contributed by atoms with Crippen LogP contribution in [0, 0.1) is 29.1 Å². The molecule has 0 aromatic carbocycles. The van der Waals surface area contributed by atoms with Crippen molar-refractivity contribution in [3.8, 4) is 0 Å². The van der Waals surface area contributed by atoms with E-state index < -0.39 is 0 Å². The zero-order chi connectivity index (χ0) is 16.3. The Morgan fingerprint density at radius 2 is 1.41 bits per heavy atom. The minimum atomic E-state index is 0.239. The Labute approximate surface area is 136 Å². The number of likely N-dealkylation sites (tertiary alicyclic amines) is 2. The van der Waals surface area contributed by atoms with Gasteiger partial charge in [0.15, 0.2) is 0 Å². The molecule has 2 heterocycles. The molecule has 2 atom stereocenters. The molecule has 3 nitrogen and oxygen atoms in total. The second kappa shape index (κ2) is 5.22. The maximum Gasteiger partial charge on any atom is 0.225 e. The molecule has 3 fully saturated rings. The maximum atomic E-state index is 12.8. The summed E-state index contributed by atoms with van der Waals surface area (Å²) >= 11 is 0. The van der Waals surface area contributed by atoms with Crippen molar-refractivity contribution >= 4 is 5.91 Å². The van der Waals surface area contributed by atoms with Gasteiger partial charge in [0, 0.05) is 24.5 Å². The normalized spacial score (nSPS) is 33.9. The van der Waals surface area contributed by atoms with Crippen LogP contribution in [0.5, 0.6) is 0 Å². The van der Waals surface area contributed by atoms with E-state index in [0.717, 1.165) is 56.8 Å². The summed E-state index contributed by atoms with van der Waals surface area (Å²) in [6, 6.07) is 0. The lowest BCUT2D eigenvalue weighted by atomic mass is 9.87. The van der Waals surface area contributed by atoms with Crippen molar-refractivity contribution in [2.24, 2.45) is 29.1 Å². The van der Waals surface area contributed by atoms with Gasteiger partial charge in [-0.15, -0.1) is 0 Å². The van der Waals surface area contributed by atoms with Gasteiger partial charge in [0.05, 0.1) is 0 Å². The van der Waals surface area contributed by atoms with Gasteiger partial charge in [-0.05, 0) is 69.9 Å². The molecule has 0 aromatic rings. The van der Waals surface area contributed by atoms with Crippen LogP contribution in [-0.4, -0.2) is 47.4 Å². The van der Waals surface area contributed by atoms with Crippen LogP contribution in [0.2, 0.25) is 0 Å². The first-order valence-electron chi connectivity index (χ1n) is 9.13. The minimum absolute atomic E-state index is 0.239. The first-order chi connectivity index (χ1) is 10.1. The fraction of sp³-hybridized carbons (Fsp3) is 0.947. The molecule has 3 heteroatoms. The standard InChI is InChI=1S/C19H34N2O/c1-18(2,3)16-14-11-20(12-15(14)16)17(22)13-7-9-21(10-8-13)19(4,5)6/h13-16H,7-12H2,1-6H3. The number of amides is 1. The van der Waals surface area contributed by atoms with E-state index in [1.54, 1.807) is 0 Å². The second-order valence-electron chi connectivity index (χ2n) is 9.89. The van der Waals surface area contributed by atoms with Gasteiger partial charge in [-0.2, -0.15) is 0 Å². The molecule has 2 saturated heterocycles. The van der Waals surface area contributed by atoms with E-state index in [0.29, 0.717) is 11.3 Å². The summed E-state index contributed by atoms with van der Waals surface area (Å²) in [6.07, 6.45) is 2.09. The summed E-state index contributed by atoms with van der Waals surface area (Å²) < 4.78 is 0. The van der Waals surface area contributed by atoms with Crippen molar-refractivity contribution in [3.05, 3.63) is 0 Å². The number of hydrogen-bond acceptors (Lipinski definition) is 2. The van der Waals surface area contributed by atoms with Crippen molar-refractivity contribution in [1.82, 2.24) is 9.80 Å². The van der Waals surface area contributed by atoms with Gasteiger partial charge in [-0.25, -0.2) is 0 Å². The molecular formula is C19H34N2O. The molecule has 0 aromatic heterocycles. The van der Waals surface area contributed by atoms with Crippen molar-refractivity contribution in [2.75, 3.05) is 26.2 Å². The van der Waals surface area contributed by atoms with Crippen LogP contribution < -0.4 is 0 Å². The van der Waals surface area contributed by atoms with Crippen LogP contribution in [0.4, 0.5) is 0 Å². The zero-order valence-electron chi connectivity index (χ0n) is 15.4. The molecule has 2 aliphatic heterocycles. The van der Waals surface area contributed by atoms with Gasteiger partial charge in [-0.3, -0.25) is 9.69 Å². The number of fused-ring (bicyclic) bond motifs is 1. The Morgan fingerprint density at radius 1 is 0.909 bits per heavy atom. The monoisotopic (exact) mass is 306 g/mol. The lowest BCUT2D eigenvalue weighted by Crippen LogP contribution is -2.49. The minimum Gasteiger partial charge on any atom is -0.342 e. The highest BCUT2D eigenvalue weighted by Gasteiger charge is 2.60. The average molecular weight is 306 g/mol. The molecule has 1 amide bonds. The maximum absolute atomic E-state index is 12.8. The van der Waals surface area contributed by atoms with E-state index in [2.05, 4.69) is 51.3 Å². The van der Waals surface area contributed by atoms with E-state index in [-0.39, 0.29) is 11.5 Å². The number of carbonyl (C=O) groups is 1. The van der Waals surface area contributed by atoms with Gasteiger partial charge in [0.2, 0.25) is 5.91 Å². The van der Waals surface area contributed by atoms with Crippen LogP contribution in [0.3, 0.4) is 0 Å². The molecular weight excluding hydrogens is 272 g/mol. The average Bonchev–Trinajstić information content (AvgIpc) is 2.95. The highest BCUT2D eigenvalue weighted by atomic mass is 16.2. The quantitative estimate of drug-likeness (QED) is 0.742. The fourth-order valence-corrected chi connectivity index (χ4v) is 5.05. The van der Waals surface area contributed by atoms with Gasteiger partial charge in [0.25, 0.3) is 0 Å². The largest absolute Gasteiger partial charge is 0.342 e. The van der Waals surface area contributed by atoms with Crippen LogP contribution in [0.25, 0.3) is 0 Å². The SMILES string of the molecule is CC(C)(C)C1C2CN(C(=O)C3CCN(C(C)(C)C)CC3)CC21. The highest BCUT2D eigenvalue weighted by Crippen LogP contribution is 2.59. The van der Waals surface area contributed by atoms with E-state index >= 15 is 0 Å². The summed E-state index contributed by atoms with van der Waals surface area (Å²) in [5, 5.41) is 0. The van der Waals surface area contributed by atoms with Crippen LogP contribution >= 0.6 is 0 Å². The molecule has 22 heavy (non-hydrogen) atoms. The Balaban J connectivity index is 1.49. The molecule has 3 rings (SSSR count). The molecule has 0 radical (unpaired) electrons. The third-order valence-electron chi connectivity index (χ3n) is 6.30. The smallest absolute Gasteiger partial charge is 0.225 e. The summed E-state index contributed by atoms with van der Waals surface area (Å²) in [5.41, 5.74) is 0.658. The van der Waals surface area contributed by atoms with Gasteiger partial charge in [-0.1, -0.05) is 20.8 Å². The van der Waals surface area contributed by atoms with E-state index in [1.165, 1.54) is 0 Å². The summed E-state index contributed by atoms with van der Waals surface area (Å²) in [5.74, 6) is 3.16. The molecule has 1 saturated carbocycles. The van der Waals surface area contributed by atoms with Crippen molar-refractivity contribution in [2.45, 2.75) is 59.9 Å². The first-order valence-corrected chi connectivity index (χ1v) is 9.13. The second-order valence-corrected chi connectivity index (χ2v) is 9.89. The van der Waals surface area contributed by atoms with Crippen LogP contribution in [0.1, 0.15) is 54.4 Å². The Bertz CT molecular complexity index is 409. The lowest BCUT2D eigenvalue weighted by Gasteiger charge is -2.41. The van der Waals surface area contributed by atoms with E-state index in [9.17, 15) is 4.79 Å². The first kappa shape index (κ1) is 16.3. The van der Waals surface area contributed by atoms with E-state index in [4.69, 9.17) is 0 Å². The van der Waals surface area contributed by atoms with Gasteiger partial charge in [0.1, 0.15) is 0 Å². The molecule has 3 aliphatic rings. The van der Waals surface area contributed by atoms with Crippen molar-refractivity contribution in [1.29, 1.82) is 0 Å². The molecule has 126 valence electrons. The third-order valence-corrected chi connectivity index (χ3v) is 6.30. The zero-order valence-corrected chi connectivity index (χ0v) is 15.4. The topological polar surface area (TPSA) is 23.6 Å². The Morgan fingerprint density at radius 3 is 1.82 bits per heavy atom. The predicted octanol–water partition coefficient (Wildman–Crippen LogP) is 3.25. The Kier molecular flexibility index (Phi) is 3.87. The lowest BCUT2D eigenvalue weighted by molar-refractivity contribution is -0.137.